The SMILES string of the molecule is C/C=C/C=C/C(=O)N1Cc2cc(OCCc3nc(-c4c(C)cc(C)cc4C)oc3C)ccc2C[C@H]1C(=O)O. The highest BCUT2D eigenvalue weighted by molar-refractivity contribution is 5.92. The Hall–Kier alpha value is -4.13. The second-order valence-electron chi connectivity index (χ2n) is 9.73. The predicted octanol–water partition coefficient (Wildman–Crippen LogP) is 5.67. The van der Waals surface area contributed by atoms with Crippen molar-refractivity contribution in [2.45, 2.75) is 60.0 Å². The van der Waals surface area contributed by atoms with Crippen LogP contribution in [0.1, 0.15) is 46.2 Å². The van der Waals surface area contributed by atoms with Crippen LogP contribution in [0, 0.1) is 27.7 Å². The van der Waals surface area contributed by atoms with Crippen molar-refractivity contribution in [1.29, 1.82) is 0 Å². The molecule has 0 radical (unpaired) electrons. The molecule has 3 aromatic rings. The third-order valence-electron chi connectivity index (χ3n) is 6.81. The predicted molar refractivity (Wildman–Crippen MR) is 146 cm³/mol. The summed E-state index contributed by atoms with van der Waals surface area (Å²) in [6.07, 6.45) is 7.40. The smallest absolute Gasteiger partial charge is 0.326 e. The summed E-state index contributed by atoms with van der Waals surface area (Å²) < 4.78 is 12.1. The fraction of sp³-hybridized carbons (Fsp3) is 0.323. The van der Waals surface area contributed by atoms with E-state index in [9.17, 15) is 14.7 Å². The van der Waals surface area contributed by atoms with Crippen LogP contribution in [0.15, 0.2) is 59.1 Å². The van der Waals surface area contributed by atoms with Crippen LogP contribution in [0.4, 0.5) is 0 Å². The highest BCUT2D eigenvalue weighted by atomic mass is 16.5. The van der Waals surface area contributed by atoms with E-state index in [4.69, 9.17) is 14.1 Å². The van der Waals surface area contributed by atoms with Gasteiger partial charge in [-0.3, -0.25) is 4.79 Å². The Kier molecular flexibility index (Phi) is 8.15. The standard InChI is InChI=1S/C31H34N2O5/c1-6-7-8-9-28(34)33-18-24-16-25(11-10-23(24)17-27(33)31(35)36)37-13-12-26-22(5)38-30(32-26)29-20(3)14-19(2)15-21(29)4/h6-11,14-16,27H,12-13,17-18H2,1-5H3,(H,35,36)/b7-6+,9-8+/t27-/m0/s1. The molecule has 0 saturated heterocycles. The molecule has 1 aromatic heterocycles. The molecule has 0 bridgehead atoms. The number of allylic oxidation sites excluding steroid dienone is 3. The van der Waals surface area contributed by atoms with E-state index in [-0.39, 0.29) is 18.9 Å². The number of carbonyl (C=O) groups excluding carboxylic acids is 1. The van der Waals surface area contributed by atoms with Crippen LogP contribution >= 0.6 is 0 Å². The number of carboxylic acids is 1. The first-order chi connectivity index (χ1) is 18.2. The number of hydrogen-bond acceptors (Lipinski definition) is 5. The van der Waals surface area contributed by atoms with Crippen molar-refractivity contribution in [3.05, 3.63) is 93.9 Å². The molecule has 38 heavy (non-hydrogen) atoms. The van der Waals surface area contributed by atoms with E-state index in [0.29, 0.717) is 24.7 Å². The molecule has 198 valence electrons. The molecule has 0 spiro atoms. The molecule has 1 aliphatic rings. The Morgan fingerprint density at radius 2 is 1.84 bits per heavy atom. The van der Waals surface area contributed by atoms with Crippen LogP contribution in [0.3, 0.4) is 0 Å². The first-order valence-electron chi connectivity index (χ1n) is 12.8. The average Bonchev–Trinajstić information content (AvgIpc) is 3.22. The molecule has 2 aromatic carbocycles. The van der Waals surface area contributed by atoms with Gasteiger partial charge < -0.3 is 19.2 Å². The lowest BCUT2D eigenvalue weighted by Gasteiger charge is -2.34. The maximum Gasteiger partial charge on any atom is 0.326 e. The number of benzene rings is 2. The molecular weight excluding hydrogens is 480 g/mol. The summed E-state index contributed by atoms with van der Waals surface area (Å²) in [6, 6.07) is 8.99. The third-order valence-corrected chi connectivity index (χ3v) is 6.81. The zero-order valence-corrected chi connectivity index (χ0v) is 22.6. The zero-order valence-electron chi connectivity index (χ0n) is 22.6. The molecule has 2 heterocycles. The highest BCUT2D eigenvalue weighted by Gasteiger charge is 2.33. The molecule has 4 rings (SSSR count). The fourth-order valence-electron chi connectivity index (χ4n) is 5.00. The number of aryl methyl sites for hydroxylation is 4. The Morgan fingerprint density at radius 1 is 1.11 bits per heavy atom. The van der Waals surface area contributed by atoms with E-state index in [1.807, 2.05) is 32.0 Å². The van der Waals surface area contributed by atoms with E-state index in [0.717, 1.165) is 39.3 Å². The minimum atomic E-state index is -1.01. The van der Waals surface area contributed by atoms with Crippen molar-refractivity contribution < 1.29 is 23.8 Å². The van der Waals surface area contributed by atoms with Gasteiger partial charge in [0.1, 0.15) is 17.6 Å². The maximum absolute atomic E-state index is 12.7. The number of oxazole rings is 1. The average molecular weight is 515 g/mol. The first kappa shape index (κ1) is 26.9. The van der Waals surface area contributed by atoms with E-state index in [2.05, 4.69) is 32.9 Å². The Labute approximate surface area is 223 Å². The molecular formula is C31H34N2O5. The van der Waals surface area contributed by atoms with Crippen molar-refractivity contribution in [1.82, 2.24) is 9.88 Å². The van der Waals surface area contributed by atoms with Gasteiger partial charge in [-0.1, -0.05) is 42.0 Å². The Balaban J connectivity index is 1.45. The summed E-state index contributed by atoms with van der Waals surface area (Å²) in [6.45, 7) is 10.6. The van der Waals surface area contributed by atoms with Crippen LogP contribution in [0.5, 0.6) is 5.75 Å². The molecule has 0 saturated carbocycles. The number of ether oxygens (including phenoxy) is 1. The Morgan fingerprint density at radius 3 is 2.53 bits per heavy atom. The van der Waals surface area contributed by atoms with Gasteiger partial charge in [-0.15, -0.1) is 0 Å². The van der Waals surface area contributed by atoms with Gasteiger partial charge in [0.2, 0.25) is 11.8 Å². The Bertz CT molecular complexity index is 1390. The maximum atomic E-state index is 12.7. The molecule has 1 aliphatic heterocycles. The molecule has 7 nitrogen and oxygen atoms in total. The molecule has 1 amide bonds. The molecule has 0 aliphatic carbocycles. The van der Waals surface area contributed by atoms with Gasteiger partial charge >= 0.3 is 5.97 Å². The lowest BCUT2D eigenvalue weighted by molar-refractivity contribution is -0.149. The van der Waals surface area contributed by atoms with E-state index in [1.165, 1.54) is 16.5 Å². The minimum absolute atomic E-state index is 0.212. The second kappa shape index (κ2) is 11.5. The van der Waals surface area contributed by atoms with Crippen molar-refractivity contribution in [2.75, 3.05) is 6.61 Å². The van der Waals surface area contributed by atoms with Crippen LogP contribution in [-0.2, 0) is 29.0 Å². The molecule has 0 fully saturated rings. The third kappa shape index (κ3) is 5.88. The summed E-state index contributed by atoms with van der Waals surface area (Å²) in [5.74, 6) is 0.725. The second-order valence-corrected chi connectivity index (χ2v) is 9.73. The minimum Gasteiger partial charge on any atom is -0.493 e. The number of aliphatic carboxylic acids is 1. The number of carboxylic acid groups (broad SMARTS) is 1. The first-order valence-corrected chi connectivity index (χ1v) is 12.8. The number of nitrogens with zero attached hydrogens (tertiary/aromatic N) is 2. The number of amides is 1. The number of rotatable bonds is 8. The molecule has 1 atom stereocenters. The summed E-state index contributed by atoms with van der Waals surface area (Å²) >= 11 is 0. The van der Waals surface area contributed by atoms with E-state index in [1.54, 1.807) is 18.2 Å². The fourth-order valence-corrected chi connectivity index (χ4v) is 5.00. The summed E-state index contributed by atoms with van der Waals surface area (Å²) in [7, 11) is 0. The van der Waals surface area contributed by atoms with Crippen LogP contribution < -0.4 is 4.74 Å². The lowest BCUT2D eigenvalue weighted by atomic mass is 9.93. The van der Waals surface area contributed by atoms with E-state index < -0.39 is 12.0 Å². The number of aromatic nitrogens is 1. The van der Waals surface area contributed by atoms with Gasteiger partial charge in [0.05, 0.1) is 12.3 Å². The van der Waals surface area contributed by atoms with Crippen molar-refractivity contribution in [3.63, 3.8) is 0 Å². The van der Waals surface area contributed by atoms with Crippen molar-refractivity contribution in [2.24, 2.45) is 0 Å². The molecule has 0 unspecified atom stereocenters. The lowest BCUT2D eigenvalue weighted by Crippen LogP contribution is -2.48. The molecule has 1 N–H and O–H groups in total. The molecule has 7 heteroatoms. The van der Waals surface area contributed by atoms with Crippen LogP contribution in [0.25, 0.3) is 11.5 Å². The number of fused-ring (bicyclic) bond motifs is 1. The quantitative estimate of drug-likeness (QED) is 0.308. The summed E-state index contributed by atoms with van der Waals surface area (Å²) in [5.41, 5.74) is 7.16. The van der Waals surface area contributed by atoms with Crippen LogP contribution in [-0.4, -0.2) is 39.5 Å². The van der Waals surface area contributed by atoms with Gasteiger partial charge in [-0.25, -0.2) is 9.78 Å². The van der Waals surface area contributed by atoms with Crippen LogP contribution in [0.2, 0.25) is 0 Å². The normalized spacial score (nSPS) is 15.3. The topological polar surface area (TPSA) is 92.9 Å². The van der Waals surface area contributed by atoms with Gasteiger partial charge in [-0.05, 0) is 69.0 Å². The van der Waals surface area contributed by atoms with Crippen molar-refractivity contribution in [3.8, 4) is 17.2 Å². The van der Waals surface area contributed by atoms with Gasteiger partial charge in [0.15, 0.2) is 0 Å². The van der Waals surface area contributed by atoms with Crippen molar-refractivity contribution >= 4 is 11.9 Å². The highest BCUT2D eigenvalue weighted by Crippen LogP contribution is 2.30. The number of carbonyl (C=O) groups is 2. The monoisotopic (exact) mass is 514 g/mol. The van der Waals surface area contributed by atoms with Gasteiger partial charge in [0.25, 0.3) is 0 Å². The van der Waals surface area contributed by atoms with Gasteiger partial charge in [-0.2, -0.15) is 0 Å². The van der Waals surface area contributed by atoms with E-state index >= 15 is 0 Å². The van der Waals surface area contributed by atoms with Gasteiger partial charge in [0, 0.05) is 31.0 Å². The number of hydrogen-bond donors (Lipinski definition) is 1. The largest absolute Gasteiger partial charge is 0.493 e. The summed E-state index contributed by atoms with van der Waals surface area (Å²) in [5, 5.41) is 9.70. The summed E-state index contributed by atoms with van der Waals surface area (Å²) in [4.78, 5) is 30.7. The zero-order chi connectivity index (χ0) is 27.4.